The van der Waals surface area contributed by atoms with Gasteiger partial charge in [0.2, 0.25) is 0 Å². The van der Waals surface area contributed by atoms with E-state index in [9.17, 15) is 5.11 Å². The number of benzene rings is 1. The van der Waals surface area contributed by atoms with E-state index in [-0.39, 0.29) is 0 Å². The molecule has 2 atom stereocenters. The summed E-state index contributed by atoms with van der Waals surface area (Å²) in [4.78, 5) is 2.31. The van der Waals surface area contributed by atoms with Crippen LogP contribution in [0, 0.1) is 5.92 Å². The Hall–Kier alpha value is -1.26. The number of nitrogens with zero attached hydrogens (tertiary/aromatic N) is 1. The van der Waals surface area contributed by atoms with Gasteiger partial charge in [0.15, 0.2) is 0 Å². The van der Waals surface area contributed by atoms with Gasteiger partial charge in [-0.1, -0.05) is 12.5 Å². The predicted octanol–water partition coefficient (Wildman–Crippen LogP) is 1.96. The fraction of sp³-hybridized carbons (Fsp3) is 0.600. The van der Waals surface area contributed by atoms with Crippen LogP contribution < -0.4 is 10.5 Å². The molecule has 3 N–H and O–H groups in total. The Morgan fingerprint density at radius 2 is 2.21 bits per heavy atom. The summed E-state index contributed by atoms with van der Waals surface area (Å²) >= 11 is 0. The van der Waals surface area contributed by atoms with Gasteiger partial charge in [0.1, 0.15) is 11.5 Å². The molecule has 0 amide bonds. The first-order valence-corrected chi connectivity index (χ1v) is 6.92. The standard InChI is InChI=1S/C15H24N2O2/c1-17(14-5-3-4-11(14)9-16)10-12-6-7-13(19-2)8-15(12)18/h6-8,11,14,18H,3-5,9-10,16H2,1-2H3. The van der Waals surface area contributed by atoms with Crippen LogP contribution in [0.25, 0.3) is 0 Å². The molecule has 1 aliphatic carbocycles. The van der Waals surface area contributed by atoms with Gasteiger partial charge < -0.3 is 15.6 Å². The molecule has 0 aliphatic heterocycles. The molecule has 0 heterocycles. The van der Waals surface area contributed by atoms with E-state index < -0.39 is 0 Å². The van der Waals surface area contributed by atoms with Crippen LogP contribution in [0.15, 0.2) is 18.2 Å². The van der Waals surface area contributed by atoms with Gasteiger partial charge in [-0.25, -0.2) is 0 Å². The van der Waals surface area contributed by atoms with E-state index in [0.717, 1.165) is 18.7 Å². The van der Waals surface area contributed by atoms with Crippen molar-refractivity contribution in [3.05, 3.63) is 23.8 Å². The molecular formula is C15H24N2O2. The van der Waals surface area contributed by atoms with E-state index in [0.29, 0.717) is 23.5 Å². The average Bonchev–Trinajstić information content (AvgIpc) is 2.89. The van der Waals surface area contributed by atoms with Crippen molar-refractivity contribution in [3.8, 4) is 11.5 Å². The lowest BCUT2D eigenvalue weighted by molar-refractivity contribution is 0.191. The zero-order valence-electron chi connectivity index (χ0n) is 11.8. The summed E-state index contributed by atoms with van der Waals surface area (Å²) in [6.07, 6.45) is 3.68. The smallest absolute Gasteiger partial charge is 0.123 e. The number of phenolic OH excluding ortho intramolecular Hbond substituents is 1. The van der Waals surface area contributed by atoms with E-state index in [1.54, 1.807) is 13.2 Å². The van der Waals surface area contributed by atoms with Crippen molar-refractivity contribution in [3.63, 3.8) is 0 Å². The van der Waals surface area contributed by atoms with Crippen LogP contribution in [0.1, 0.15) is 24.8 Å². The third-order valence-electron chi connectivity index (χ3n) is 4.20. The Balaban J connectivity index is 2.04. The third-order valence-corrected chi connectivity index (χ3v) is 4.20. The molecule has 0 bridgehead atoms. The Morgan fingerprint density at radius 3 is 2.84 bits per heavy atom. The maximum absolute atomic E-state index is 10.0. The van der Waals surface area contributed by atoms with Gasteiger partial charge in [-0.2, -0.15) is 0 Å². The van der Waals surface area contributed by atoms with Crippen molar-refractivity contribution in [2.24, 2.45) is 11.7 Å². The minimum absolute atomic E-state index is 0.300. The Kier molecular flexibility index (Phi) is 4.66. The summed E-state index contributed by atoms with van der Waals surface area (Å²) in [5, 5.41) is 10.0. The predicted molar refractivity (Wildman–Crippen MR) is 76.3 cm³/mol. The molecule has 1 aromatic rings. The van der Waals surface area contributed by atoms with Crippen LogP contribution in [-0.4, -0.2) is 36.8 Å². The summed E-state index contributed by atoms with van der Waals surface area (Å²) in [5.74, 6) is 1.57. The Morgan fingerprint density at radius 1 is 1.42 bits per heavy atom. The average molecular weight is 264 g/mol. The summed E-state index contributed by atoms with van der Waals surface area (Å²) < 4.78 is 5.10. The van der Waals surface area contributed by atoms with Crippen LogP contribution in [0.5, 0.6) is 11.5 Å². The molecule has 2 rings (SSSR count). The SMILES string of the molecule is COc1ccc(CN(C)C2CCCC2CN)c(O)c1. The van der Waals surface area contributed by atoms with E-state index in [4.69, 9.17) is 10.5 Å². The minimum Gasteiger partial charge on any atom is -0.507 e. The summed E-state index contributed by atoms with van der Waals surface area (Å²) in [5.41, 5.74) is 6.77. The van der Waals surface area contributed by atoms with Crippen LogP contribution in [-0.2, 0) is 6.54 Å². The van der Waals surface area contributed by atoms with Crippen molar-refractivity contribution >= 4 is 0 Å². The molecule has 4 nitrogen and oxygen atoms in total. The second-order valence-electron chi connectivity index (χ2n) is 5.40. The number of aromatic hydroxyl groups is 1. The number of methoxy groups -OCH3 is 1. The lowest BCUT2D eigenvalue weighted by atomic mass is 10.0. The summed E-state index contributed by atoms with van der Waals surface area (Å²) in [6.45, 7) is 1.50. The molecule has 0 saturated heterocycles. The molecular weight excluding hydrogens is 240 g/mol. The number of hydrogen-bond acceptors (Lipinski definition) is 4. The fourth-order valence-corrected chi connectivity index (χ4v) is 3.06. The fourth-order valence-electron chi connectivity index (χ4n) is 3.06. The molecule has 1 fully saturated rings. The van der Waals surface area contributed by atoms with Crippen LogP contribution >= 0.6 is 0 Å². The van der Waals surface area contributed by atoms with Crippen molar-refractivity contribution in [2.45, 2.75) is 31.8 Å². The van der Waals surface area contributed by atoms with Crippen LogP contribution in [0.4, 0.5) is 0 Å². The number of ether oxygens (including phenoxy) is 1. The van der Waals surface area contributed by atoms with E-state index in [2.05, 4.69) is 11.9 Å². The maximum Gasteiger partial charge on any atom is 0.123 e. The van der Waals surface area contributed by atoms with Crippen molar-refractivity contribution in [1.29, 1.82) is 0 Å². The molecule has 1 aliphatic rings. The van der Waals surface area contributed by atoms with Gasteiger partial charge >= 0.3 is 0 Å². The van der Waals surface area contributed by atoms with Crippen molar-refractivity contribution < 1.29 is 9.84 Å². The monoisotopic (exact) mass is 264 g/mol. The topological polar surface area (TPSA) is 58.7 Å². The van der Waals surface area contributed by atoms with E-state index in [1.807, 2.05) is 12.1 Å². The van der Waals surface area contributed by atoms with Gasteiger partial charge in [0.05, 0.1) is 7.11 Å². The second-order valence-corrected chi connectivity index (χ2v) is 5.40. The highest BCUT2D eigenvalue weighted by Crippen LogP contribution is 2.31. The Bertz CT molecular complexity index is 423. The minimum atomic E-state index is 0.300. The number of phenols is 1. The van der Waals surface area contributed by atoms with E-state index >= 15 is 0 Å². The molecule has 1 aromatic carbocycles. The largest absolute Gasteiger partial charge is 0.507 e. The first-order chi connectivity index (χ1) is 9.15. The lowest BCUT2D eigenvalue weighted by Crippen LogP contribution is -2.37. The third kappa shape index (κ3) is 3.19. The first-order valence-electron chi connectivity index (χ1n) is 6.92. The van der Waals surface area contributed by atoms with Gasteiger partial charge in [0, 0.05) is 24.2 Å². The van der Waals surface area contributed by atoms with Gasteiger partial charge in [0.25, 0.3) is 0 Å². The molecule has 1 saturated carbocycles. The molecule has 2 unspecified atom stereocenters. The van der Waals surface area contributed by atoms with Crippen molar-refractivity contribution in [2.75, 3.05) is 20.7 Å². The van der Waals surface area contributed by atoms with E-state index in [1.165, 1.54) is 19.3 Å². The lowest BCUT2D eigenvalue weighted by Gasteiger charge is -2.29. The highest BCUT2D eigenvalue weighted by Gasteiger charge is 2.29. The summed E-state index contributed by atoms with van der Waals surface area (Å²) in [7, 11) is 3.72. The molecule has 19 heavy (non-hydrogen) atoms. The highest BCUT2D eigenvalue weighted by molar-refractivity contribution is 5.39. The zero-order chi connectivity index (χ0) is 13.8. The van der Waals surface area contributed by atoms with Gasteiger partial charge in [-0.3, -0.25) is 4.90 Å². The van der Waals surface area contributed by atoms with Gasteiger partial charge in [-0.15, -0.1) is 0 Å². The van der Waals surface area contributed by atoms with Crippen molar-refractivity contribution in [1.82, 2.24) is 4.90 Å². The van der Waals surface area contributed by atoms with Crippen LogP contribution in [0.3, 0.4) is 0 Å². The number of hydrogen-bond donors (Lipinski definition) is 2. The molecule has 106 valence electrons. The first kappa shape index (κ1) is 14.2. The van der Waals surface area contributed by atoms with Gasteiger partial charge in [-0.05, 0) is 38.4 Å². The molecule has 0 radical (unpaired) electrons. The molecule has 4 heteroatoms. The highest BCUT2D eigenvalue weighted by atomic mass is 16.5. The number of rotatable bonds is 5. The normalized spacial score (nSPS) is 22.9. The molecule has 0 aromatic heterocycles. The quantitative estimate of drug-likeness (QED) is 0.853. The summed E-state index contributed by atoms with van der Waals surface area (Å²) in [6, 6.07) is 6.01. The number of nitrogens with two attached hydrogens (primary N) is 1. The molecule has 0 spiro atoms. The van der Waals surface area contributed by atoms with Crippen LogP contribution in [0.2, 0.25) is 0 Å². The zero-order valence-corrected chi connectivity index (χ0v) is 11.8. The maximum atomic E-state index is 10.0. The Labute approximate surface area is 115 Å². The second kappa shape index (κ2) is 6.26.